The second-order valence-corrected chi connectivity index (χ2v) is 8.98. The van der Waals surface area contributed by atoms with E-state index >= 15 is 0 Å². The predicted molar refractivity (Wildman–Crippen MR) is 116 cm³/mol. The van der Waals surface area contributed by atoms with Crippen LogP contribution in [0.3, 0.4) is 0 Å². The number of imide groups is 1. The Morgan fingerprint density at radius 1 is 1.10 bits per heavy atom. The zero-order valence-electron chi connectivity index (χ0n) is 17.6. The summed E-state index contributed by atoms with van der Waals surface area (Å²) in [4.78, 5) is 32.8. The molecule has 0 saturated carbocycles. The van der Waals surface area contributed by atoms with Crippen molar-refractivity contribution in [3.8, 4) is 11.3 Å². The maximum atomic E-state index is 12.2. The third-order valence-electron chi connectivity index (χ3n) is 6.76. The maximum Gasteiger partial charge on any atom is 0.243 e. The van der Waals surface area contributed by atoms with E-state index < -0.39 is 0 Å². The summed E-state index contributed by atoms with van der Waals surface area (Å²) in [6.45, 7) is 4.56. The number of nitrogens with one attached hydrogen (secondary N) is 1. The van der Waals surface area contributed by atoms with Crippen LogP contribution >= 0.6 is 0 Å². The Bertz CT molecular complexity index is 1010. The van der Waals surface area contributed by atoms with Gasteiger partial charge < -0.3 is 5.11 Å². The molecular formula is C24H28N4O3. The molecule has 7 nitrogen and oxygen atoms in total. The molecule has 3 aliphatic heterocycles. The van der Waals surface area contributed by atoms with Crippen molar-refractivity contribution < 1.29 is 14.7 Å². The van der Waals surface area contributed by atoms with E-state index in [1.165, 1.54) is 16.7 Å². The van der Waals surface area contributed by atoms with Gasteiger partial charge in [0.2, 0.25) is 11.8 Å². The lowest BCUT2D eigenvalue weighted by molar-refractivity contribution is -0.137. The summed E-state index contributed by atoms with van der Waals surface area (Å²) in [5.41, 5.74) is 5.73. The standard InChI is InChI=1S/C24H28N4O3/c29-15-17-6-8-27(12-17)11-16-5-7-25-21(9-16)18-1-2-19-13-28(14-20(19)10-18)22-3-4-23(30)26-24(22)31/h1-2,5,7,9-10,17,22,29H,3-4,6,8,11-15H2,(H,26,30,31)/t17-,22?/m0/s1. The molecule has 3 aliphatic rings. The minimum absolute atomic E-state index is 0.174. The first kappa shape index (κ1) is 20.3. The Hall–Kier alpha value is -2.61. The highest BCUT2D eigenvalue weighted by Gasteiger charge is 2.34. The van der Waals surface area contributed by atoms with Gasteiger partial charge in [-0.3, -0.25) is 29.7 Å². The van der Waals surface area contributed by atoms with Crippen LogP contribution in [0.15, 0.2) is 36.5 Å². The van der Waals surface area contributed by atoms with E-state index in [1.807, 2.05) is 6.20 Å². The molecule has 2 fully saturated rings. The molecule has 4 heterocycles. The number of nitrogens with zero attached hydrogens (tertiary/aromatic N) is 3. The number of aliphatic hydroxyl groups is 1. The van der Waals surface area contributed by atoms with E-state index in [-0.39, 0.29) is 24.5 Å². The first-order chi connectivity index (χ1) is 15.1. The van der Waals surface area contributed by atoms with Gasteiger partial charge in [-0.05, 0) is 60.2 Å². The third-order valence-corrected chi connectivity index (χ3v) is 6.76. The molecule has 1 aromatic heterocycles. The first-order valence-corrected chi connectivity index (χ1v) is 11.1. The van der Waals surface area contributed by atoms with Crippen molar-refractivity contribution in [3.63, 3.8) is 0 Å². The lowest BCUT2D eigenvalue weighted by Crippen LogP contribution is -2.50. The number of carbonyl (C=O) groups excluding carboxylic acids is 2. The van der Waals surface area contributed by atoms with Crippen molar-refractivity contribution in [2.45, 2.75) is 44.9 Å². The summed E-state index contributed by atoms with van der Waals surface area (Å²) in [6.07, 6.45) is 3.92. The molecule has 0 spiro atoms. The van der Waals surface area contributed by atoms with E-state index in [2.05, 4.69) is 50.4 Å². The number of likely N-dealkylation sites (tertiary alicyclic amines) is 1. The average molecular weight is 421 g/mol. The molecular weight excluding hydrogens is 392 g/mol. The maximum absolute atomic E-state index is 12.2. The normalized spacial score (nSPS) is 24.4. The van der Waals surface area contributed by atoms with E-state index in [9.17, 15) is 14.7 Å². The fourth-order valence-electron chi connectivity index (χ4n) is 5.03. The van der Waals surface area contributed by atoms with Crippen LogP contribution in [0, 0.1) is 5.92 Å². The lowest BCUT2D eigenvalue weighted by atomic mass is 10.0. The number of aromatic nitrogens is 1. The van der Waals surface area contributed by atoms with Crippen molar-refractivity contribution in [1.82, 2.24) is 20.1 Å². The number of carbonyl (C=O) groups is 2. The zero-order valence-corrected chi connectivity index (χ0v) is 17.6. The van der Waals surface area contributed by atoms with Gasteiger partial charge >= 0.3 is 0 Å². The SMILES string of the molecule is O=C1CCC(N2Cc3ccc(-c4cc(CN5CC[C@H](CO)C5)ccn4)cc3C2)C(=O)N1. The molecule has 1 unspecified atom stereocenters. The van der Waals surface area contributed by atoms with Crippen LogP contribution in [0.2, 0.25) is 0 Å². The van der Waals surface area contributed by atoms with E-state index in [0.29, 0.717) is 25.3 Å². The van der Waals surface area contributed by atoms with Gasteiger partial charge in [-0.25, -0.2) is 0 Å². The summed E-state index contributed by atoms with van der Waals surface area (Å²) in [7, 11) is 0. The molecule has 2 N–H and O–H groups in total. The molecule has 162 valence electrons. The molecule has 2 saturated heterocycles. The Morgan fingerprint density at radius 3 is 2.77 bits per heavy atom. The van der Waals surface area contributed by atoms with Crippen LogP contribution < -0.4 is 5.32 Å². The van der Waals surface area contributed by atoms with Crippen LogP contribution in [0.4, 0.5) is 0 Å². The number of aliphatic hydroxyl groups excluding tert-OH is 1. The topological polar surface area (TPSA) is 85.8 Å². The van der Waals surface area contributed by atoms with Crippen LogP contribution in [0.1, 0.15) is 36.0 Å². The fraction of sp³-hybridized carbons (Fsp3) is 0.458. The predicted octanol–water partition coefficient (Wildman–Crippen LogP) is 1.68. The van der Waals surface area contributed by atoms with Crippen LogP contribution in [0.5, 0.6) is 0 Å². The molecule has 7 heteroatoms. The van der Waals surface area contributed by atoms with Crippen molar-refractivity contribution in [2.24, 2.45) is 5.92 Å². The summed E-state index contributed by atoms with van der Waals surface area (Å²) in [6, 6.07) is 10.4. The van der Waals surface area contributed by atoms with Crippen LogP contribution in [-0.2, 0) is 29.2 Å². The molecule has 1 aromatic carbocycles. The van der Waals surface area contributed by atoms with Gasteiger partial charge in [0.05, 0.1) is 11.7 Å². The number of rotatable bonds is 5. The van der Waals surface area contributed by atoms with Gasteiger partial charge in [0.15, 0.2) is 0 Å². The Labute approximate surface area is 182 Å². The number of pyridine rings is 1. The lowest BCUT2D eigenvalue weighted by Gasteiger charge is -2.29. The van der Waals surface area contributed by atoms with E-state index in [1.54, 1.807) is 0 Å². The number of hydrogen-bond acceptors (Lipinski definition) is 6. The van der Waals surface area contributed by atoms with Gasteiger partial charge in [0.25, 0.3) is 0 Å². The minimum Gasteiger partial charge on any atom is -0.396 e. The minimum atomic E-state index is -0.238. The largest absolute Gasteiger partial charge is 0.396 e. The Kier molecular flexibility index (Phi) is 5.56. The van der Waals surface area contributed by atoms with Crippen molar-refractivity contribution in [3.05, 3.63) is 53.2 Å². The number of fused-ring (bicyclic) bond motifs is 1. The first-order valence-electron chi connectivity index (χ1n) is 11.1. The van der Waals surface area contributed by atoms with Crippen molar-refractivity contribution in [2.75, 3.05) is 19.7 Å². The second-order valence-electron chi connectivity index (χ2n) is 8.98. The smallest absolute Gasteiger partial charge is 0.243 e. The Morgan fingerprint density at radius 2 is 1.97 bits per heavy atom. The highest BCUT2D eigenvalue weighted by Crippen LogP contribution is 2.31. The van der Waals surface area contributed by atoms with Gasteiger partial charge in [0.1, 0.15) is 0 Å². The average Bonchev–Trinajstić information content (AvgIpc) is 3.40. The summed E-state index contributed by atoms with van der Waals surface area (Å²) in [5.74, 6) is 0.0429. The van der Waals surface area contributed by atoms with Gasteiger partial charge in [-0.1, -0.05) is 12.1 Å². The molecule has 0 bridgehead atoms. The summed E-state index contributed by atoms with van der Waals surface area (Å²) in [5, 5.41) is 11.8. The highest BCUT2D eigenvalue weighted by atomic mass is 16.3. The van der Waals surface area contributed by atoms with Crippen LogP contribution in [-0.4, -0.2) is 57.4 Å². The fourth-order valence-corrected chi connectivity index (χ4v) is 5.03. The molecule has 2 amide bonds. The second kappa shape index (κ2) is 8.49. The summed E-state index contributed by atoms with van der Waals surface area (Å²) < 4.78 is 0. The number of amides is 2. The van der Waals surface area contributed by atoms with Crippen LogP contribution in [0.25, 0.3) is 11.3 Å². The Balaban J connectivity index is 1.29. The molecule has 31 heavy (non-hydrogen) atoms. The number of hydrogen-bond donors (Lipinski definition) is 2. The molecule has 2 atom stereocenters. The molecule has 0 radical (unpaired) electrons. The van der Waals surface area contributed by atoms with Gasteiger partial charge in [0, 0.05) is 51.0 Å². The highest BCUT2D eigenvalue weighted by molar-refractivity contribution is 6.00. The van der Waals surface area contributed by atoms with E-state index in [4.69, 9.17) is 0 Å². The quantitative estimate of drug-likeness (QED) is 0.716. The van der Waals surface area contributed by atoms with Gasteiger partial charge in [-0.2, -0.15) is 0 Å². The van der Waals surface area contributed by atoms with E-state index in [0.717, 1.165) is 43.9 Å². The number of piperidine rings is 1. The van der Waals surface area contributed by atoms with Crippen molar-refractivity contribution in [1.29, 1.82) is 0 Å². The molecule has 5 rings (SSSR count). The van der Waals surface area contributed by atoms with Crippen molar-refractivity contribution >= 4 is 11.8 Å². The summed E-state index contributed by atoms with van der Waals surface area (Å²) >= 11 is 0. The number of benzene rings is 1. The molecule has 2 aromatic rings. The molecule has 0 aliphatic carbocycles. The third kappa shape index (κ3) is 4.26. The van der Waals surface area contributed by atoms with Gasteiger partial charge in [-0.15, -0.1) is 0 Å². The zero-order chi connectivity index (χ0) is 21.4. The monoisotopic (exact) mass is 420 g/mol.